The highest BCUT2D eigenvalue weighted by molar-refractivity contribution is 4.46. The van der Waals surface area contributed by atoms with Crippen molar-refractivity contribution in [3.05, 3.63) is 0 Å². The molecule has 0 bridgehead atoms. The summed E-state index contributed by atoms with van der Waals surface area (Å²) in [5, 5.41) is 9.62. The van der Waals surface area contributed by atoms with Gasteiger partial charge in [0.25, 0.3) is 0 Å². The summed E-state index contributed by atoms with van der Waals surface area (Å²) in [6.07, 6.45) is 1.74. The van der Waals surface area contributed by atoms with Gasteiger partial charge in [0, 0.05) is 7.11 Å². The number of unbranched alkanes of at least 4 members (excludes halogenated alkanes) is 2. The van der Waals surface area contributed by atoms with Crippen LogP contribution in [-0.2, 0) is 18.9 Å². The van der Waals surface area contributed by atoms with E-state index in [0.717, 1.165) is 19.3 Å². The summed E-state index contributed by atoms with van der Waals surface area (Å²) < 4.78 is 21.0. The monoisotopic (exact) mass is 264 g/mol. The zero-order chi connectivity index (χ0) is 14.0. The lowest BCUT2D eigenvalue weighted by Crippen LogP contribution is -2.29. The highest BCUT2D eigenvalue weighted by Gasteiger charge is 2.15. The molecule has 0 aromatic rings. The first kappa shape index (κ1) is 17.8. The van der Waals surface area contributed by atoms with E-state index in [1.165, 1.54) is 0 Å². The van der Waals surface area contributed by atoms with Crippen LogP contribution >= 0.6 is 0 Å². The van der Waals surface area contributed by atoms with Crippen molar-refractivity contribution in [2.24, 2.45) is 0 Å². The Morgan fingerprint density at radius 1 is 0.889 bits per heavy atom. The van der Waals surface area contributed by atoms with E-state index in [-0.39, 0.29) is 6.29 Å². The zero-order valence-corrected chi connectivity index (χ0v) is 12.2. The SMILES string of the molecule is CCCCCC(O)OC(C)OC(C)OC(C)OC. The molecule has 0 aromatic carbocycles. The van der Waals surface area contributed by atoms with Gasteiger partial charge >= 0.3 is 0 Å². The molecular formula is C13H28O5. The number of hydrogen-bond acceptors (Lipinski definition) is 5. The second-order valence-electron chi connectivity index (χ2n) is 4.30. The second-order valence-corrected chi connectivity index (χ2v) is 4.30. The van der Waals surface area contributed by atoms with E-state index in [2.05, 4.69) is 6.92 Å². The van der Waals surface area contributed by atoms with Crippen molar-refractivity contribution < 1.29 is 24.1 Å². The Labute approximate surface area is 110 Å². The van der Waals surface area contributed by atoms with Crippen LogP contribution in [0.15, 0.2) is 0 Å². The maximum absolute atomic E-state index is 9.62. The summed E-state index contributed by atoms with van der Waals surface area (Å²) >= 11 is 0. The van der Waals surface area contributed by atoms with Crippen molar-refractivity contribution in [3.63, 3.8) is 0 Å². The normalized spacial score (nSPS) is 18.3. The van der Waals surface area contributed by atoms with Crippen LogP contribution in [0.2, 0.25) is 0 Å². The standard InChI is InChI=1S/C13H28O5/c1-6-7-8-9-13(14)18-12(4)17-11(3)16-10(2)15-5/h10-14H,6-9H2,1-5H3. The molecule has 0 fully saturated rings. The number of hydrogen-bond donors (Lipinski definition) is 1. The predicted octanol–water partition coefficient (Wildman–Crippen LogP) is 2.62. The van der Waals surface area contributed by atoms with Crippen molar-refractivity contribution in [2.75, 3.05) is 7.11 Å². The molecule has 5 nitrogen and oxygen atoms in total. The highest BCUT2D eigenvalue weighted by Crippen LogP contribution is 2.10. The molecule has 0 saturated heterocycles. The number of methoxy groups -OCH3 is 1. The predicted molar refractivity (Wildman–Crippen MR) is 68.8 cm³/mol. The minimum Gasteiger partial charge on any atom is -0.368 e. The molecule has 0 heterocycles. The summed E-state index contributed by atoms with van der Waals surface area (Å²) in [5.74, 6) is 0. The third kappa shape index (κ3) is 9.79. The summed E-state index contributed by atoms with van der Waals surface area (Å²) in [4.78, 5) is 0. The van der Waals surface area contributed by atoms with Crippen molar-refractivity contribution in [2.45, 2.75) is 78.5 Å². The van der Waals surface area contributed by atoms with Gasteiger partial charge in [-0.3, -0.25) is 0 Å². The van der Waals surface area contributed by atoms with Gasteiger partial charge in [0.1, 0.15) is 0 Å². The fourth-order valence-electron chi connectivity index (χ4n) is 1.52. The fourth-order valence-corrected chi connectivity index (χ4v) is 1.52. The average Bonchev–Trinajstić information content (AvgIpc) is 2.28. The summed E-state index contributed by atoms with van der Waals surface area (Å²) in [6, 6.07) is 0. The van der Waals surface area contributed by atoms with Crippen LogP contribution in [-0.4, -0.2) is 37.4 Å². The van der Waals surface area contributed by atoms with E-state index in [1.54, 1.807) is 27.9 Å². The quantitative estimate of drug-likeness (QED) is 0.459. The van der Waals surface area contributed by atoms with Gasteiger partial charge < -0.3 is 24.1 Å². The van der Waals surface area contributed by atoms with E-state index < -0.39 is 18.9 Å². The molecule has 0 aliphatic heterocycles. The van der Waals surface area contributed by atoms with Gasteiger partial charge in [0.15, 0.2) is 25.2 Å². The number of aliphatic hydroxyl groups excluding tert-OH is 1. The molecule has 4 atom stereocenters. The Bertz CT molecular complexity index is 188. The summed E-state index contributed by atoms with van der Waals surface area (Å²) in [7, 11) is 1.56. The molecule has 18 heavy (non-hydrogen) atoms. The Kier molecular flexibility index (Phi) is 10.6. The van der Waals surface area contributed by atoms with Gasteiger partial charge in [-0.15, -0.1) is 0 Å². The molecular weight excluding hydrogens is 236 g/mol. The van der Waals surface area contributed by atoms with Crippen LogP contribution in [0.3, 0.4) is 0 Å². The van der Waals surface area contributed by atoms with E-state index >= 15 is 0 Å². The van der Waals surface area contributed by atoms with Gasteiger partial charge in [0.2, 0.25) is 0 Å². The first-order valence-electron chi connectivity index (χ1n) is 6.66. The Morgan fingerprint density at radius 2 is 1.44 bits per heavy atom. The van der Waals surface area contributed by atoms with Gasteiger partial charge in [0.05, 0.1) is 0 Å². The molecule has 5 heteroatoms. The topological polar surface area (TPSA) is 57.2 Å². The molecule has 0 amide bonds. The van der Waals surface area contributed by atoms with Crippen LogP contribution in [0.1, 0.15) is 53.4 Å². The maximum atomic E-state index is 9.62. The lowest BCUT2D eigenvalue weighted by molar-refractivity contribution is -0.301. The van der Waals surface area contributed by atoms with E-state index in [9.17, 15) is 5.11 Å². The minimum absolute atomic E-state index is 0.332. The van der Waals surface area contributed by atoms with Crippen molar-refractivity contribution in [1.29, 1.82) is 0 Å². The molecule has 1 N–H and O–H groups in total. The van der Waals surface area contributed by atoms with Crippen LogP contribution < -0.4 is 0 Å². The second kappa shape index (κ2) is 10.7. The number of ether oxygens (including phenoxy) is 4. The van der Waals surface area contributed by atoms with Crippen LogP contribution in [0.5, 0.6) is 0 Å². The molecule has 110 valence electrons. The largest absolute Gasteiger partial charge is 0.368 e. The zero-order valence-electron chi connectivity index (χ0n) is 12.2. The van der Waals surface area contributed by atoms with Crippen LogP contribution in [0.25, 0.3) is 0 Å². The van der Waals surface area contributed by atoms with Gasteiger partial charge in [-0.2, -0.15) is 0 Å². The van der Waals surface area contributed by atoms with Crippen LogP contribution in [0, 0.1) is 0 Å². The number of aliphatic hydroxyl groups is 1. The molecule has 0 aliphatic carbocycles. The molecule has 0 aliphatic rings. The van der Waals surface area contributed by atoms with Crippen molar-refractivity contribution in [3.8, 4) is 0 Å². The van der Waals surface area contributed by atoms with Gasteiger partial charge in [-0.05, 0) is 33.6 Å². The van der Waals surface area contributed by atoms with Gasteiger partial charge in [-0.1, -0.05) is 19.8 Å². The van der Waals surface area contributed by atoms with E-state index in [1.807, 2.05) is 0 Å². The Hall–Kier alpha value is -0.200. The molecule has 0 spiro atoms. The summed E-state index contributed by atoms with van der Waals surface area (Å²) in [6.45, 7) is 7.40. The molecule has 0 rings (SSSR count). The molecule has 4 unspecified atom stereocenters. The smallest absolute Gasteiger partial charge is 0.161 e. The van der Waals surface area contributed by atoms with Gasteiger partial charge in [-0.25, -0.2) is 0 Å². The highest BCUT2D eigenvalue weighted by atomic mass is 16.8. The summed E-state index contributed by atoms with van der Waals surface area (Å²) in [5.41, 5.74) is 0. The lowest BCUT2D eigenvalue weighted by Gasteiger charge is -2.24. The molecule has 0 saturated carbocycles. The molecule has 0 radical (unpaired) electrons. The van der Waals surface area contributed by atoms with E-state index in [0.29, 0.717) is 6.42 Å². The van der Waals surface area contributed by atoms with E-state index in [4.69, 9.17) is 18.9 Å². The molecule has 0 aromatic heterocycles. The average molecular weight is 264 g/mol. The first-order chi connectivity index (χ1) is 8.49. The Morgan fingerprint density at radius 3 is 2.00 bits per heavy atom. The van der Waals surface area contributed by atoms with Crippen molar-refractivity contribution in [1.82, 2.24) is 0 Å². The Balaban J connectivity index is 3.70. The first-order valence-corrected chi connectivity index (χ1v) is 6.66. The fraction of sp³-hybridized carbons (Fsp3) is 1.00. The number of rotatable bonds is 11. The minimum atomic E-state index is -0.779. The lowest BCUT2D eigenvalue weighted by atomic mass is 10.2. The third-order valence-corrected chi connectivity index (χ3v) is 2.50. The third-order valence-electron chi connectivity index (χ3n) is 2.50. The van der Waals surface area contributed by atoms with Crippen LogP contribution in [0.4, 0.5) is 0 Å². The maximum Gasteiger partial charge on any atom is 0.161 e. The van der Waals surface area contributed by atoms with Crippen molar-refractivity contribution >= 4 is 0 Å².